The van der Waals surface area contributed by atoms with Gasteiger partial charge in [0.05, 0.1) is 5.69 Å². The molecule has 0 bridgehead atoms. The van der Waals surface area contributed by atoms with E-state index < -0.39 is 0 Å². The van der Waals surface area contributed by atoms with E-state index in [0.717, 1.165) is 21.3 Å². The van der Waals surface area contributed by atoms with Gasteiger partial charge in [-0.25, -0.2) is 0 Å². The first kappa shape index (κ1) is 11.1. The molecule has 16 heavy (non-hydrogen) atoms. The normalized spacial score (nSPS) is 10.4. The van der Waals surface area contributed by atoms with E-state index in [1.807, 2.05) is 37.3 Å². The summed E-state index contributed by atoms with van der Waals surface area (Å²) in [6.45, 7) is 3.51. The van der Waals surface area contributed by atoms with Crippen LogP contribution in [-0.2, 0) is 0 Å². The van der Waals surface area contributed by atoms with E-state index in [1.165, 1.54) is 0 Å². The van der Waals surface area contributed by atoms with Crippen LogP contribution in [0.25, 0.3) is 11.3 Å². The van der Waals surface area contributed by atoms with Crippen LogP contribution in [0.15, 0.2) is 34.8 Å². The van der Waals surface area contributed by atoms with Crippen LogP contribution in [0.4, 0.5) is 0 Å². The van der Waals surface area contributed by atoms with Crippen molar-refractivity contribution in [1.29, 1.82) is 0 Å². The van der Waals surface area contributed by atoms with Gasteiger partial charge < -0.3 is 4.98 Å². The zero-order valence-electron chi connectivity index (χ0n) is 9.17. The van der Waals surface area contributed by atoms with Crippen LogP contribution in [0.5, 0.6) is 0 Å². The predicted molar refractivity (Wildman–Crippen MR) is 68.7 cm³/mol. The number of rotatable bonds is 2. The first-order valence-electron chi connectivity index (χ1n) is 5.05. The summed E-state index contributed by atoms with van der Waals surface area (Å²) in [5.41, 5.74) is 3.71. The largest absolute Gasteiger partial charge is 0.352 e. The highest BCUT2D eigenvalue weighted by atomic mass is 79.9. The maximum Gasteiger partial charge on any atom is 0.176 e. The second kappa shape index (κ2) is 4.26. The number of ketones is 1. The quantitative estimate of drug-likeness (QED) is 0.829. The molecule has 2 aromatic rings. The van der Waals surface area contributed by atoms with E-state index in [4.69, 9.17) is 0 Å². The van der Waals surface area contributed by atoms with Crippen molar-refractivity contribution in [1.82, 2.24) is 4.98 Å². The van der Waals surface area contributed by atoms with Crippen molar-refractivity contribution in [3.8, 4) is 11.3 Å². The molecule has 0 radical (unpaired) electrons. The highest BCUT2D eigenvalue weighted by Crippen LogP contribution is 2.28. The van der Waals surface area contributed by atoms with Crippen LogP contribution >= 0.6 is 15.9 Å². The number of hydrogen-bond acceptors (Lipinski definition) is 1. The summed E-state index contributed by atoms with van der Waals surface area (Å²) in [6.07, 6.45) is 0. The summed E-state index contributed by atoms with van der Waals surface area (Å²) >= 11 is 3.50. The number of hydrogen-bond donors (Lipinski definition) is 1. The zero-order valence-corrected chi connectivity index (χ0v) is 10.8. The van der Waals surface area contributed by atoms with Crippen LogP contribution < -0.4 is 0 Å². The molecule has 82 valence electrons. The van der Waals surface area contributed by atoms with Gasteiger partial charge in [-0.2, -0.15) is 0 Å². The maximum absolute atomic E-state index is 11.4. The molecule has 0 amide bonds. The number of benzene rings is 1. The summed E-state index contributed by atoms with van der Waals surface area (Å²) in [5.74, 6) is 0.0656. The summed E-state index contributed by atoms with van der Waals surface area (Å²) in [7, 11) is 0. The lowest BCUT2D eigenvalue weighted by Crippen LogP contribution is -1.94. The molecule has 0 atom stereocenters. The Hall–Kier alpha value is -1.35. The fraction of sp³-hybridized carbons (Fsp3) is 0.154. The van der Waals surface area contributed by atoms with Crippen molar-refractivity contribution in [3.63, 3.8) is 0 Å². The van der Waals surface area contributed by atoms with E-state index in [2.05, 4.69) is 20.9 Å². The average Bonchev–Trinajstić information content (AvgIpc) is 2.61. The van der Waals surface area contributed by atoms with Gasteiger partial charge in [0.15, 0.2) is 5.78 Å². The van der Waals surface area contributed by atoms with E-state index in [0.29, 0.717) is 5.69 Å². The molecule has 3 heteroatoms. The SMILES string of the molecule is CC(=O)c1[nH]c(-c2ccccc2Br)cc1C. The number of aromatic nitrogens is 1. The standard InChI is InChI=1S/C13H12BrNO/c1-8-7-12(15-13(8)9(2)16)10-5-3-4-6-11(10)14/h3-7,15H,1-2H3. The monoisotopic (exact) mass is 277 g/mol. The van der Waals surface area contributed by atoms with E-state index in [9.17, 15) is 4.79 Å². The van der Waals surface area contributed by atoms with Crippen LogP contribution in [0, 0.1) is 6.92 Å². The average molecular weight is 278 g/mol. The van der Waals surface area contributed by atoms with Crippen molar-refractivity contribution >= 4 is 21.7 Å². The lowest BCUT2D eigenvalue weighted by molar-refractivity contribution is 0.101. The van der Waals surface area contributed by atoms with Crippen molar-refractivity contribution < 1.29 is 4.79 Å². The fourth-order valence-corrected chi connectivity index (χ4v) is 2.25. The van der Waals surface area contributed by atoms with Crippen LogP contribution in [0.1, 0.15) is 23.0 Å². The Bertz CT molecular complexity index is 543. The summed E-state index contributed by atoms with van der Waals surface area (Å²) in [6, 6.07) is 9.94. The molecule has 1 aromatic carbocycles. The van der Waals surface area contributed by atoms with Crippen LogP contribution in [0.3, 0.4) is 0 Å². The highest BCUT2D eigenvalue weighted by Gasteiger charge is 2.11. The summed E-state index contributed by atoms with van der Waals surface area (Å²) in [5, 5.41) is 0. The molecule has 0 unspecified atom stereocenters. The Morgan fingerprint density at radius 2 is 2.00 bits per heavy atom. The Morgan fingerprint density at radius 3 is 2.56 bits per heavy atom. The van der Waals surface area contributed by atoms with Gasteiger partial charge in [0.25, 0.3) is 0 Å². The minimum atomic E-state index is 0.0656. The lowest BCUT2D eigenvalue weighted by atomic mass is 10.1. The Kier molecular flexibility index (Phi) is 2.97. The fourth-order valence-electron chi connectivity index (χ4n) is 1.75. The molecule has 1 aromatic heterocycles. The molecular weight excluding hydrogens is 266 g/mol. The van der Waals surface area contributed by atoms with Crippen molar-refractivity contribution in [2.45, 2.75) is 13.8 Å². The Balaban J connectivity index is 2.54. The molecule has 2 nitrogen and oxygen atoms in total. The molecule has 0 saturated carbocycles. The molecule has 0 saturated heterocycles. The molecule has 2 rings (SSSR count). The van der Waals surface area contributed by atoms with Gasteiger partial charge in [0, 0.05) is 22.7 Å². The van der Waals surface area contributed by atoms with E-state index in [1.54, 1.807) is 6.92 Å². The Morgan fingerprint density at radius 1 is 1.31 bits per heavy atom. The predicted octanol–water partition coefficient (Wildman–Crippen LogP) is 3.96. The molecule has 1 N–H and O–H groups in total. The van der Waals surface area contributed by atoms with Gasteiger partial charge in [-0.15, -0.1) is 0 Å². The topological polar surface area (TPSA) is 32.9 Å². The Labute approximate surface area is 103 Å². The third-order valence-corrected chi connectivity index (χ3v) is 3.22. The molecule has 0 aliphatic rings. The number of aryl methyl sites for hydroxylation is 1. The van der Waals surface area contributed by atoms with Crippen molar-refractivity contribution in [2.24, 2.45) is 0 Å². The summed E-state index contributed by atoms with van der Waals surface area (Å²) < 4.78 is 1.02. The zero-order chi connectivity index (χ0) is 11.7. The summed E-state index contributed by atoms with van der Waals surface area (Å²) in [4.78, 5) is 14.5. The number of carbonyl (C=O) groups is 1. The lowest BCUT2D eigenvalue weighted by Gasteiger charge is -2.00. The molecular formula is C13H12BrNO. The number of halogens is 1. The third kappa shape index (κ3) is 1.95. The number of nitrogens with one attached hydrogen (secondary N) is 1. The smallest absolute Gasteiger partial charge is 0.176 e. The minimum Gasteiger partial charge on any atom is -0.352 e. The first-order valence-corrected chi connectivity index (χ1v) is 5.84. The molecule has 0 fully saturated rings. The van der Waals surface area contributed by atoms with Gasteiger partial charge in [-0.05, 0) is 24.6 Å². The third-order valence-electron chi connectivity index (χ3n) is 2.53. The number of carbonyl (C=O) groups excluding carboxylic acids is 1. The molecule has 1 heterocycles. The van der Waals surface area contributed by atoms with Gasteiger partial charge in [0.1, 0.15) is 0 Å². The van der Waals surface area contributed by atoms with Crippen molar-refractivity contribution in [2.75, 3.05) is 0 Å². The number of H-pyrrole nitrogens is 1. The van der Waals surface area contributed by atoms with Gasteiger partial charge in [0.2, 0.25) is 0 Å². The van der Waals surface area contributed by atoms with Gasteiger partial charge in [-0.3, -0.25) is 4.79 Å². The maximum atomic E-state index is 11.4. The van der Waals surface area contributed by atoms with Crippen molar-refractivity contribution in [3.05, 3.63) is 46.1 Å². The number of Topliss-reactive ketones (excluding diaryl/α,β-unsaturated/α-hetero) is 1. The van der Waals surface area contributed by atoms with Crippen LogP contribution in [-0.4, -0.2) is 10.8 Å². The van der Waals surface area contributed by atoms with Gasteiger partial charge >= 0.3 is 0 Å². The van der Waals surface area contributed by atoms with Gasteiger partial charge in [-0.1, -0.05) is 34.1 Å². The first-order chi connectivity index (χ1) is 7.59. The second-order valence-corrected chi connectivity index (χ2v) is 4.63. The van der Waals surface area contributed by atoms with Crippen LogP contribution in [0.2, 0.25) is 0 Å². The molecule has 0 aliphatic heterocycles. The number of aromatic amines is 1. The second-order valence-electron chi connectivity index (χ2n) is 3.78. The highest BCUT2D eigenvalue weighted by molar-refractivity contribution is 9.10. The molecule has 0 aliphatic carbocycles. The minimum absolute atomic E-state index is 0.0656. The van der Waals surface area contributed by atoms with E-state index >= 15 is 0 Å². The van der Waals surface area contributed by atoms with E-state index in [-0.39, 0.29) is 5.78 Å². The molecule has 0 spiro atoms.